The second-order valence-corrected chi connectivity index (χ2v) is 5.94. The molecule has 6 nitrogen and oxygen atoms in total. The van der Waals surface area contributed by atoms with Crippen LogP contribution < -0.4 is 10.0 Å². The van der Waals surface area contributed by atoms with Gasteiger partial charge in [-0.3, -0.25) is 0 Å². The van der Waals surface area contributed by atoms with Crippen molar-refractivity contribution in [2.24, 2.45) is 0 Å². The highest BCUT2D eigenvalue weighted by Crippen LogP contribution is 2.15. The Bertz CT molecular complexity index is 477. The second-order valence-electron chi connectivity index (χ2n) is 4.24. The molecule has 18 heavy (non-hydrogen) atoms. The van der Waals surface area contributed by atoms with Crippen molar-refractivity contribution in [1.29, 1.82) is 0 Å². The summed E-state index contributed by atoms with van der Waals surface area (Å²) in [6.07, 6.45) is 1.86. The first-order chi connectivity index (χ1) is 8.62. The van der Waals surface area contributed by atoms with E-state index in [0.717, 1.165) is 12.8 Å². The van der Waals surface area contributed by atoms with Crippen molar-refractivity contribution < 1.29 is 17.6 Å². The van der Waals surface area contributed by atoms with Gasteiger partial charge in [0.15, 0.2) is 0 Å². The zero-order valence-corrected chi connectivity index (χ0v) is 11.1. The first kappa shape index (κ1) is 13.5. The van der Waals surface area contributed by atoms with E-state index in [1.165, 1.54) is 6.07 Å². The molecule has 1 atom stereocenters. The molecule has 2 N–H and O–H groups in total. The molecule has 1 aromatic rings. The molecule has 2 rings (SSSR count). The van der Waals surface area contributed by atoms with Gasteiger partial charge in [-0.1, -0.05) is 0 Å². The summed E-state index contributed by atoms with van der Waals surface area (Å²) in [4.78, 5) is 0. The second kappa shape index (κ2) is 5.83. The van der Waals surface area contributed by atoms with Gasteiger partial charge in [0.1, 0.15) is 5.76 Å². The Morgan fingerprint density at radius 1 is 1.44 bits per heavy atom. The van der Waals surface area contributed by atoms with Crippen molar-refractivity contribution in [3.8, 4) is 0 Å². The molecule has 0 amide bonds. The number of hydrogen-bond acceptors (Lipinski definition) is 5. The fourth-order valence-electron chi connectivity index (χ4n) is 1.85. The molecule has 0 spiro atoms. The summed E-state index contributed by atoms with van der Waals surface area (Å²) in [5, 5.41) is 2.85. The minimum Gasteiger partial charge on any atom is -0.447 e. The maximum atomic E-state index is 11.9. The number of ether oxygens (including phenoxy) is 1. The van der Waals surface area contributed by atoms with Crippen molar-refractivity contribution in [3.05, 3.63) is 17.9 Å². The van der Waals surface area contributed by atoms with E-state index in [9.17, 15) is 8.42 Å². The molecule has 1 saturated heterocycles. The molecule has 1 aliphatic heterocycles. The van der Waals surface area contributed by atoms with Crippen LogP contribution in [0.15, 0.2) is 21.6 Å². The van der Waals surface area contributed by atoms with Crippen LogP contribution in [0.5, 0.6) is 0 Å². The van der Waals surface area contributed by atoms with Crippen molar-refractivity contribution in [1.82, 2.24) is 10.0 Å². The van der Waals surface area contributed by atoms with Crippen molar-refractivity contribution in [2.45, 2.75) is 30.6 Å². The Kier molecular flexibility index (Phi) is 4.39. The van der Waals surface area contributed by atoms with Crippen LogP contribution in [0.25, 0.3) is 0 Å². The number of furan rings is 1. The lowest BCUT2D eigenvalue weighted by atomic mass is 10.2. The van der Waals surface area contributed by atoms with Crippen LogP contribution in [0.2, 0.25) is 0 Å². The van der Waals surface area contributed by atoms with E-state index >= 15 is 0 Å². The van der Waals surface area contributed by atoms with Gasteiger partial charge in [0.2, 0.25) is 5.09 Å². The van der Waals surface area contributed by atoms with Gasteiger partial charge in [-0.2, -0.15) is 0 Å². The van der Waals surface area contributed by atoms with Crippen LogP contribution in [-0.2, 0) is 21.3 Å². The highest BCUT2D eigenvalue weighted by molar-refractivity contribution is 7.89. The van der Waals surface area contributed by atoms with Crippen LogP contribution in [0.3, 0.4) is 0 Å². The van der Waals surface area contributed by atoms with E-state index in [1.54, 1.807) is 13.1 Å². The highest BCUT2D eigenvalue weighted by atomic mass is 32.2. The summed E-state index contributed by atoms with van der Waals surface area (Å²) in [6.45, 7) is 1.51. The van der Waals surface area contributed by atoms with Gasteiger partial charge in [-0.05, 0) is 32.0 Å². The average molecular weight is 274 g/mol. The maximum absolute atomic E-state index is 11.9. The molecule has 0 aromatic carbocycles. The number of nitrogens with one attached hydrogen (secondary N) is 2. The van der Waals surface area contributed by atoms with Gasteiger partial charge < -0.3 is 14.5 Å². The molecule has 1 unspecified atom stereocenters. The number of rotatable bonds is 6. The average Bonchev–Trinajstić information content (AvgIpc) is 2.98. The SMILES string of the molecule is CNCc1ccc(S(=O)(=O)NCC2CCCO2)o1. The number of sulfonamides is 1. The lowest BCUT2D eigenvalue weighted by Gasteiger charge is -2.09. The molecular weight excluding hydrogens is 256 g/mol. The maximum Gasteiger partial charge on any atom is 0.274 e. The summed E-state index contributed by atoms with van der Waals surface area (Å²) in [6, 6.07) is 3.11. The lowest BCUT2D eigenvalue weighted by molar-refractivity contribution is 0.114. The summed E-state index contributed by atoms with van der Waals surface area (Å²) in [5.41, 5.74) is 0. The molecule has 1 fully saturated rings. The first-order valence-electron chi connectivity index (χ1n) is 5.96. The quantitative estimate of drug-likeness (QED) is 0.787. The summed E-state index contributed by atoms with van der Waals surface area (Å²) >= 11 is 0. The molecular formula is C11H18N2O4S. The molecule has 0 bridgehead atoms. The molecule has 0 saturated carbocycles. The predicted octanol–water partition coefficient (Wildman–Crippen LogP) is 0.456. The van der Waals surface area contributed by atoms with E-state index in [1.807, 2.05) is 0 Å². The van der Waals surface area contributed by atoms with E-state index in [0.29, 0.717) is 25.5 Å². The fourth-order valence-corrected chi connectivity index (χ4v) is 2.86. The monoisotopic (exact) mass is 274 g/mol. The van der Waals surface area contributed by atoms with Crippen LogP contribution >= 0.6 is 0 Å². The van der Waals surface area contributed by atoms with Gasteiger partial charge in [0, 0.05) is 13.2 Å². The van der Waals surface area contributed by atoms with Crippen LogP contribution in [0.1, 0.15) is 18.6 Å². The standard InChI is InChI=1S/C11H18N2O4S/c1-12-7-10-4-5-11(17-10)18(14,15)13-8-9-3-2-6-16-9/h4-5,9,12-13H,2-3,6-8H2,1H3. The van der Waals surface area contributed by atoms with Crippen molar-refractivity contribution in [3.63, 3.8) is 0 Å². The third-order valence-corrected chi connectivity index (χ3v) is 4.07. The Labute approximate surface area is 107 Å². The van der Waals surface area contributed by atoms with Crippen molar-refractivity contribution >= 4 is 10.0 Å². The van der Waals surface area contributed by atoms with Gasteiger partial charge >= 0.3 is 0 Å². The third-order valence-electron chi connectivity index (χ3n) is 2.78. The Balaban J connectivity index is 1.95. The fraction of sp³-hybridized carbons (Fsp3) is 0.636. The molecule has 1 aliphatic rings. The topological polar surface area (TPSA) is 80.6 Å². The van der Waals surface area contributed by atoms with Gasteiger partial charge in [0.05, 0.1) is 12.6 Å². The van der Waals surface area contributed by atoms with Crippen LogP contribution in [0, 0.1) is 0 Å². The first-order valence-corrected chi connectivity index (χ1v) is 7.45. The Morgan fingerprint density at radius 2 is 2.28 bits per heavy atom. The molecule has 7 heteroatoms. The zero-order chi connectivity index (χ0) is 13.0. The van der Waals surface area contributed by atoms with Crippen LogP contribution in [-0.4, -0.2) is 34.7 Å². The van der Waals surface area contributed by atoms with Gasteiger partial charge in [-0.15, -0.1) is 0 Å². The van der Waals surface area contributed by atoms with Gasteiger partial charge in [-0.25, -0.2) is 13.1 Å². The predicted molar refractivity (Wildman–Crippen MR) is 65.6 cm³/mol. The summed E-state index contributed by atoms with van der Waals surface area (Å²) in [7, 11) is -1.80. The number of hydrogen-bond donors (Lipinski definition) is 2. The smallest absolute Gasteiger partial charge is 0.274 e. The third kappa shape index (κ3) is 3.32. The van der Waals surface area contributed by atoms with E-state index in [-0.39, 0.29) is 11.2 Å². The molecule has 102 valence electrons. The summed E-state index contributed by atoms with van der Waals surface area (Å²) < 4.78 is 37.0. The molecule has 0 aliphatic carbocycles. The van der Waals surface area contributed by atoms with Gasteiger partial charge in [0.25, 0.3) is 10.0 Å². The largest absolute Gasteiger partial charge is 0.447 e. The Morgan fingerprint density at radius 3 is 2.94 bits per heavy atom. The minimum absolute atomic E-state index is 0.0217. The molecule has 0 radical (unpaired) electrons. The van der Waals surface area contributed by atoms with Crippen LogP contribution in [0.4, 0.5) is 0 Å². The zero-order valence-electron chi connectivity index (χ0n) is 10.3. The summed E-state index contributed by atoms with van der Waals surface area (Å²) in [5.74, 6) is 0.593. The minimum atomic E-state index is -3.57. The van der Waals surface area contributed by atoms with E-state index in [4.69, 9.17) is 9.15 Å². The Hall–Kier alpha value is -0.890. The molecule has 1 aromatic heterocycles. The van der Waals surface area contributed by atoms with Crippen molar-refractivity contribution in [2.75, 3.05) is 20.2 Å². The normalized spacial score (nSPS) is 20.4. The van der Waals surface area contributed by atoms with E-state index < -0.39 is 10.0 Å². The van der Waals surface area contributed by atoms with E-state index in [2.05, 4.69) is 10.0 Å². The lowest BCUT2D eigenvalue weighted by Crippen LogP contribution is -2.31. The molecule has 2 heterocycles. The highest BCUT2D eigenvalue weighted by Gasteiger charge is 2.22.